The topological polar surface area (TPSA) is 57.6 Å². The molecule has 0 spiro atoms. The molecule has 1 aliphatic heterocycles. The maximum atomic E-state index is 13.1. The standard InChI is InChI=1S/C24H15Cl4NO3/c1-12-3-2-4-15(9-12)29-21(13-5-7-16(25)18(27)10-13)20(23(31)24(29)32)22(30)14-6-8-17(26)19(28)11-14/h2-11,21,30H,1H3/b22-20-. The molecule has 0 saturated carbocycles. The van der Waals surface area contributed by atoms with Crippen LogP contribution in [0.5, 0.6) is 0 Å². The van der Waals surface area contributed by atoms with Gasteiger partial charge in [0, 0.05) is 11.3 Å². The van der Waals surface area contributed by atoms with E-state index in [0.29, 0.717) is 21.3 Å². The molecule has 32 heavy (non-hydrogen) atoms. The van der Waals surface area contributed by atoms with Gasteiger partial charge in [-0.2, -0.15) is 0 Å². The van der Waals surface area contributed by atoms with Gasteiger partial charge in [0.05, 0.1) is 31.7 Å². The largest absolute Gasteiger partial charge is 0.507 e. The number of ketones is 1. The number of amides is 1. The lowest BCUT2D eigenvalue weighted by atomic mass is 9.95. The Morgan fingerprint density at radius 3 is 2.12 bits per heavy atom. The van der Waals surface area contributed by atoms with Crippen LogP contribution < -0.4 is 4.90 Å². The fourth-order valence-electron chi connectivity index (χ4n) is 3.67. The maximum absolute atomic E-state index is 13.1. The first-order valence-electron chi connectivity index (χ1n) is 9.47. The van der Waals surface area contributed by atoms with Crippen LogP contribution in [0.3, 0.4) is 0 Å². The molecule has 4 rings (SSSR count). The summed E-state index contributed by atoms with van der Waals surface area (Å²) in [6.45, 7) is 1.88. The van der Waals surface area contributed by atoms with Gasteiger partial charge in [0.1, 0.15) is 5.76 Å². The molecular formula is C24H15Cl4NO3. The highest BCUT2D eigenvalue weighted by Crippen LogP contribution is 2.43. The number of hydrogen-bond donors (Lipinski definition) is 1. The van der Waals surface area contributed by atoms with E-state index in [1.54, 1.807) is 36.4 Å². The van der Waals surface area contributed by atoms with E-state index in [1.165, 1.54) is 23.1 Å². The van der Waals surface area contributed by atoms with Crippen molar-refractivity contribution < 1.29 is 14.7 Å². The van der Waals surface area contributed by atoms with Gasteiger partial charge < -0.3 is 5.11 Å². The third-order valence-electron chi connectivity index (χ3n) is 5.18. The SMILES string of the molecule is Cc1cccc(N2C(=O)C(=O)/C(=C(\O)c3ccc(Cl)c(Cl)c3)C2c2ccc(Cl)c(Cl)c2)c1. The van der Waals surface area contributed by atoms with Gasteiger partial charge in [-0.25, -0.2) is 0 Å². The monoisotopic (exact) mass is 505 g/mol. The number of Topliss-reactive ketones (excluding diaryl/α,β-unsaturated/α-hetero) is 1. The zero-order chi connectivity index (χ0) is 23.2. The van der Waals surface area contributed by atoms with Crippen LogP contribution in [0.1, 0.15) is 22.7 Å². The van der Waals surface area contributed by atoms with Gasteiger partial charge in [0.15, 0.2) is 0 Å². The van der Waals surface area contributed by atoms with Crippen LogP contribution in [-0.2, 0) is 9.59 Å². The molecule has 0 radical (unpaired) electrons. The van der Waals surface area contributed by atoms with Crippen molar-refractivity contribution >= 4 is 69.5 Å². The van der Waals surface area contributed by atoms with E-state index in [0.717, 1.165) is 5.56 Å². The molecule has 1 N–H and O–H groups in total. The molecule has 3 aromatic carbocycles. The summed E-state index contributed by atoms with van der Waals surface area (Å²) in [7, 11) is 0. The molecule has 0 bridgehead atoms. The first-order valence-corrected chi connectivity index (χ1v) is 11.0. The van der Waals surface area contributed by atoms with Gasteiger partial charge >= 0.3 is 0 Å². The Labute approximate surface area is 204 Å². The van der Waals surface area contributed by atoms with Gasteiger partial charge in [0.2, 0.25) is 0 Å². The second-order valence-corrected chi connectivity index (χ2v) is 8.94. The van der Waals surface area contributed by atoms with E-state index in [-0.39, 0.29) is 26.9 Å². The average Bonchev–Trinajstić information content (AvgIpc) is 3.02. The van der Waals surface area contributed by atoms with Gasteiger partial charge in [0.25, 0.3) is 11.7 Å². The van der Waals surface area contributed by atoms with Crippen LogP contribution in [0.4, 0.5) is 5.69 Å². The van der Waals surface area contributed by atoms with E-state index in [2.05, 4.69) is 0 Å². The number of rotatable bonds is 3. The lowest BCUT2D eigenvalue weighted by molar-refractivity contribution is -0.132. The van der Waals surface area contributed by atoms with Crippen molar-refractivity contribution in [3.63, 3.8) is 0 Å². The summed E-state index contributed by atoms with van der Waals surface area (Å²) in [6, 6.07) is 15.5. The highest BCUT2D eigenvalue weighted by Gasteiger charge is 2.47. The quantitative estimate of drug-likeness (QED) is 0.231. The average molecular weight is 507 g/mol. The predicted octanol–water partition coefficient (Wildman–Crippen LogP) is 7.23. The Hall–Kier alpha value is -2.50. The fraction of sp³-hybridized carbons (Fsp3) is 0.0833. The smallest absolute Gasteiger partial charge is 0.300 e. The number of anilines is 1. The van der Waals surface area contributed by atoms with Crippen molar-refractivity contribution in [3.8, 4) is 0 Å². The Morgan fingerprint density at radius 1 is 0.844 bits per heavy atom. The fourth-order valence-corrected chi connectivity index (χ4v) is 4.28. The van der Waals surface area contributed by atoms with Crippen LogP contribution in [0.25, 0.3) is 5.76 Å². The molecule has 8 heteroatoms. The number of nitrogens with zero attached hydrogens (tertiary/aromatic N) is 1. The molecule has 4 nitrogen and oxygen atoms in total. The Balaban J connectivity index is 1.98. The second kappa shape index (κ2) is 8.80. The van der Waals surface area contributed by atoms with E-state index >= 15 is 0 Å². The van der Waals surface area contributed by atoms with Crippen molar-refractivity contribution in [1.82, 2.24) is 0 Å². The van der Waals surface area contributed by atoms with Crippen molar-refractivity contribution in [2.45, 2.75) is 13.0 Å². The minimum atomic E-state index is -0.930. The first kappa shape index (κ1) is 22.7. The number of aryl methyl sites for hydroxylation is 1. The number of carbonyl (C=O) groups is 2. The molecule has 1 fully saturated rings. The lowest BCUT2D eigenvalue weighted by Crippen LogP contribution is -2.29. The zero-order valence-corrected chi connectivity index (χ0v) is 19.6. The Kier molecular flexibility index (Phi) is 6.24. The van der Waals surface area contributed by atoms with E-state index in [1.807, 2.05) is 13.0 Å². The van der Waals surface area contributed by atoms with Gasteiger partial charge in [-0.15, -0.1) is 0 Å². The highest BCUT2D eigenvalue weighted by molar-refractivity contribution is 6.52. The van der Waals surface area contributed by atoms with Crippen LogP contribution in [-0.4, -0.2) is 16.8 Å². The molecule has 162 valence electrons. The highest BCUT2D eigenvalue weighted by atomic mass is 35.5. The van der Waals surface area contributed by atoms with Gasteiger partial charge in [-0.1, -0.05) is 64.6 Å². The third-order valence-corrected chi connectivity index (χ3v) is 6.65. The summed E-state index contributed by atoms with van der Waals surface area (Å²) < 4.78 is 0. The molecule has 1 saturated heterocycles. The molecule has 0 aromatic heterocycles. The summed E-state index contributed by atoms with van der Waals surface area (Å²) in [5.74, 6) is -1.97. The molecule has 3 aromatic rings. The summed E-state index contributed by atoms with van der Waals surface area (Å²) in [5.41, 5.74) is 2.10. The minimum absolute atomic E-state index is 0.0896. The van der Waals surface area contributed by atoms with Crippen molar-refractivity contribution in [1.29, 1.82) is 0 Å². The number of aliphatic hydroxyl groups excluding tert-OH is 1. The molecule has 1 heterocycles. The van der Waals surface area contributed by atoms with Crippen molar-refractivity contribution in [3.05, 3.63) is 103 Å². The molecule has 1 aliphatic rings. The normalized spacial score (nSPS) is 17.8. The van der Waals surface area contributed by atoms with E-state index < -0.39 is 17.7 Å². The number of aliphatic hydroxyl groups is 1. The summed E-state index contributed by atoms with van der Waals surface area (Å²) in [4.78, 5) is 27.6. The Bertz CT molecular complexity index is 1300. The van der Waals surface area contributed by atoms with Gasteiger partial charge in [-0.3, -0.25) is 14.5 Å². The number of benzene rings is 3. The Morgan fingerprint density at radius 2 is 1.50 bits per heavy atom. The second-order valence-electron chi connectivity index (χ2n) is 7.31. The molecule has 1 amide bonds. The first-order chi connectivity index (χ1) is 15.2. The zero-order valence-electron chi connectivity index (χ0n) is 16.6. The number of carbonyl (C=O) groups excluding carboxylic acids is 2. The summed E-state index contributed by atoms with van der Waals surface area (Å²) in [6.07, 6.45) is 0. The minimum Gasteiger partial charge on any atom is -0.507 e. The third kappa shape index (κ3) is 4.00. The summed E-state index contributed by atoms with van der Waals surface area (Å²) >= 11 is 24.4. The predicted molar refractivity (Wildman–Crippen MR) is 129 cm³/mol. The summed E-state index contributed by atoms with van der Waals surface area (Å²) in [5, 5.41) is 12.2. The van der Waals surface area contributed by atoms with Crippen molar-refractivity contribution in [2.75, 3.05) is 4.90 Å². The molecule has 1 atom stereocenters. The lowest BCUT2D eigenvalue weighted by Gasteiger charge is -2.26. The maximum Gasteiger partial charge on any atom is 0.300 e. The van der Waals surface area contributed by atoms with Crippen LogP contribution in [0.15, 0.2) is 66.2 Å². The van der Waals surface area contributed by atoms with Crippen molar-refractivity contribution in [2.24, 2.45) is 0 Å². The van der Waals surface area contributed by atoms with Crippen LogP contribution in [0.2, 0.25) is 20.1 Å². The number of hydrogen-bond acceptors (Lipinski definition) is 3. The van der Waals surface area contributed by atoms with E-state index in [4.69, 9.17) is 46.4 Å². The molecular weight excluding hydrogens is 492 g/mol. The van der Waals surface area contributed by atoms with Crippen LogP contribution >= 0.6 is 46.4 Å². The van der Waals surface area contributed by atoms with E-state index in [9.17, 15) is 14.7 Å². The van der Waals surface area contributed by atoms with Gasteiger partial charge in [-0.05, 0) is 60.5 Å². The molecule has 0 aliphatic carbocycles. The number of halogens is 4. The van der Waals surface area contributed by atoms with Crippen LogP contribution in [0, 0.1) is 6.92 Å². The molecule has 1 unspecified atom stereocenters.